The fourth-order valence-corrected chi connectivity index (χ4v) is 1.43. The topological polar surface area (TPSA) is 110 Å². The Kier molecular flexibility index (Phi) is 3.81. The van der Waals surface area contributed by atoms with Gasteiger partial charge < -0.3 is 10.4 Å². The SMILES string of the molecule is O=C(CCn1cccn1)Nc1nccnc1C(=O)O. The van der Waals surface area contributed by atoms with Crippen LogP contribution in [0.25, 0.3) is 0 Å². The number of rotatable bonds is 5. The molecule has 2 heterocycles. The van der Waals surface area contributed by atoms with Gasteiger partial charge in [-0.3, -0.25) is 9.48 Å². The largest absolute Gasteiger partial charge is 0.476 e. The first-order valence-electron chi connectivity index (χ1n) is 5.48. The predicted octanol–water partition coefficient (Wildman–Crippen LogP) is 0.400. The molecule has 1 amide bonds. The normalized spacial score (nSPS) is 10.1. The zero-order valence-electron chi connectivity index (χ0n) is 9.85. The Morgan fingerprint density at radius 1 is 1.26 bits per heavy atom. The molecule has 8 heteroatoms. The molecule has 0 saturated heterocycles. The van der Waals surface area contributed by atoms with Gasteiger partial charge in [-0.2, -0.15) is 5.10 Å². The summed E-state index contributed by atoms with van der Waals surface area (Å²) in [4.78, 5) is 30.0. The van der Waals surface area contributed by atoms with Gasteiger partial charge in [0.05, 0.1) is 0 Å². The average Bonchev–Trinajstić information content (AvgIpc) is 2.90. The summed E-state index contributed by atoms with van der Waals surface area (Å²) in [5, 5.41) is 15.3. The van der Waals surface area contributed by atoms with E-state index in [9.17, 15) is 9.59 Å². The van der Waals surface area contributed by atoms with E-state index >= 15 is 0 Å². The number of carbonyl (C=O) groups excluding carboxylic acids is 1. The number of aryl methyl sites for hydroxylation is 1. The number of anilines is 1. The van der Waals surface area contributed by atoms with Crippen LogP contribution in [0.5, 0.6) is 0 Å². The highest BCUT2D eigenvalue weighted by Gasteiger charge is 2.14. The van der Waals surface area contributed by atoms with Crippen molar-refractivity contribution in [3.63, 3.8) is 0 Å². The van der Waals surface area contributed by atoms with Crippen LogP contribution in [0.4, 0.5) is 5.82 Å². The van der Waals surface area contributed by atoms with E-state index in [0.717, 1.165) is 0 Å². The Labute approximate surface area is 108 Å². The van der Waals surface area contributed by atoms with Crippen LogP contribution in [-0.4, -0.2) is 36.7 Å². The minimum absolute atomic E-state index is 0.0551. The molecule has 98 valence electrons. The van der Waals surface area contributed by atoms with Crippen molar-refractivity contribution in [3.05, 3.63) is 36.5 Å². The molecule has 2 aromatic rings. The molecule has 2 aromatic heterocycles. The third-order valence-corrected chi connectivity index (χ3v) is 2.29. The Hall–Kier alpha value is -2.77. The summed E-state index contributed by atoms with van der Waals surface area (Å²) in [5.74, 6) is -1.64. The lowest BCUT2D eigenvalue weighted by Gasteiger charge is -2.06. The van der Waals surface area contributed by atoms with Gasteiger partial charge in [0.25, 0.3) is 0 Å². The Morgan fingerprint density at radius 3 is 2.74 bits per heavy atom. The van der Waals surface area contributed by atoms with Gasteiger partial charge >= 0.3 is 5.97 Å². The van der Waals surface area contributed by atoms with Crippen molar-refractivity contribution in [2.75, 3.05) is 5.32 Å². The maximum absolute atomic E-state index is 11.7. The van der Waals surface area contributed by atoms with Crippen molar-refractivity contribution < 1.29 is 14.7 Å². The van der Waals surface area contributed by atoms with Crippen LogP contribution in [0.3, 0.4) is 0 Å². The van der Waals surface area contributed by atoms with Gasteiger partial charge in [0.15, 0.2) is 11.5 Å². The summed E-state index contributed by atoms with van der Waals surface area (Å²) in [6.07, 6.45) is 6.08. The Morgan fingerprint density at radius 2 is 2.05 bits per heavy atom. The number of aromatic nitrogens is 4. The van der Waals surface area contributed by atoms with Gasteiger partial charge in [0, 0.05) is 37.8 Å². The molecule has 2 rings (SSSR count). The highest BCUT2D eigenvalue weighted by molar-refractivity contribution is 5.97. The third kappa shape index (κ3) is 3.35. The first-order chi connectivity index (χ1) is 9.16. The second-order valence-corrected chi connectivity index (χ2v) is 3.63. The van der Waals surface area contributed by atoms with E-state index in [4.69, 9.17) is 5.11 Å². The predicted molar refractivity (Wildman–Crippen MR) is 64.5 cm³/mol. The molecule has 8 nitrogen and oxygen atoms in total. The number of nitrogens with zero attached hydrogens (tertiary/aromatic N) is 4. The first kappa shape index (κ1) is 12.7. The van der Waals surface area contributed by atoms with Crippen LogP contribution in [-0.2, 0) is 11.3 Å². The van der Waals surface area contributed by atoms with Crippen LogP contribution >= 0.6 is 0 Å². The van der Waals surface area contributed by atoms with Crippen LogP contribution < -0.4 is 5.32 Å². The van der Waals surface area contributed by atoms with Crippen LogP contribution in [0.2, 0.25) is 0 Å². The van der Waals surface area contributed by atoms with Gasteiger partial charge in [-0.05, 0) is 6.07 Å². The van der Waals surface area contributed by atoms with Gasteiger partial charge in [-0.1, -0.05) is 0 Å². The van der Waals surface area contributed by atoms with Crippen molar-refractivity contribution in [1.82, 2.24) is 19.7 Å². The molecule has 0 radical (unpaired) electrons. The van der Waals surface area contributed by atoms with Gasteiger partial charge in [-0.25, -0.2) is 14.8 Å². The minimum atomic E-state index is -1.24. The van der Waals surface area contributed by atoms with E-state index in [2.05, 4.69) is 20.4 Å². The van der Waals surface area contributed by atoms with E-state index in [1.165, 1.54) is 12.4 Å². The number of carboxylic acid groups (broad SMARTS) is 1. The smallest absolute Gasteiger partial charge is 0.358 e. The van der Waals surface area contributed by atoms with Crippen LogP contribution in [0, 0.1) is 0 Å². The fourth-order valence-electron chi connectivity index (χ4n) is 1.43. The van der Waals surface area contributed by atoms with Crippen LogP contribution in [0.15, 0.2) is 30.9 Å². The highest BCUT2D eigenvalue weighted by Crippen LogP contribution is 2.08. The Balaban J connectivity index is 1.97. The van der Waals surface area contributed by atoms with Crippen molar-refractivity contribution in [2.45, 2.75) is 13.0 Å². The van der Waals surface area contributed by atoms with Crippen molar-refractivity contribution >= 4 is 17.7 Å². The summed E-state index contributed by atoms with van der Waals surface area (Å²) >= 11 is 0. The summed E-state index contributed by atoms with van der Waals surface area (Å²) in [5.41, 5.74) is -0.282. The molecule has 0 atom stereocenters. The van der Waals surface area contributed by atoms with Gasteiger partial charge in [0.2, 0.25) is 5.91 Å². The number of aromatic carboxylic acids is 1. The van der Waals surface area contributed by atoms with E-state index < -0.39 is 5.97 Å². The lowest BCUT2D eigenvalue weighted by Crippen LogP contribution is -2.18. The van der Waals surface area contributed by atoms with Gasteiger partial charge in [0.1, 0.15) is 0 Å². The number of hydrogen-bond donors (Lipinski definition) is 2. The molecule has 0 aromatic carbocycles. The summed E-state index contributed by atoms with van der Waals surface area (Å²) < 4.78 is 1.61. The molecule has 0 aliphatic rings. The summed E-state index contributed by atoms with van der Waals surface area (Å²) in [6, 6.07) is 1.75. The molecule has 0 aliphatic heterocycles. The number of amides is 1. The monoisotopic (exact) mass is 261 g/mol. The Bertz CT molecular complexity index is 582. The third-order valence-electron chi connectivity index (χ3n) is 2.29. The zero-order valence-corrected chi connectivity index (χ0v) is 9.85. The molecule has 19 heavy (non-hydrogen) atoms. The van der Waals surface area contributed by atoms with Gasteiger partial charge in [-0.15, -0.1) is 0 Å². The number of hydrogen-bond acceptors (Lipinski definition) is 5. The second kappa shape index (κ2) is 5.71. The molecule has 0 unspecified atom stereocenters. The summed E-state index contributed by atoms with van der Waals surface area (Å²) in [7, 11) is 0. The first-order valence-corrected chi connectivity index (χ1v) is 5.48. The molecule has 0 saturated carbocycles. The quantitative estimate of drug-likeness (QED) is 0.806. The van der Waals surface area contributed by atoms with E-state index in [1.807, 2.05) is 0 Å². The second-order valence-electron chi connectivity index (χ2n) is 3.63. The number of carbonyl (C=O) groups is 2. The van der Waals surface area contributed by atoms with Crippen molar-refractivity contribution in [1.29, 1.82) is 0 Å². The minimum Gasteiger partial charge on any atom is -0.476 e. The maximum atomic E-state index is 11.7. The maximum Gasteiger partial charge on any atom is 0.358 e. The standard InChI is InChI=1S/C11H11N5O3/c17-8(2-7-16-6-1-3-14-16)15-10-9(11(18)19)12-4-5-13-10/h1,3-6H,2,7H2,(H,18,19)(H,13,15,17). The fraction of sp³-hybridized carbons (Fsp3) is 0.182. The molecule has 2 N–H and O–H groups in total. The molecular formula is C11H11N5O3. The van der Waals surface area contributed by atoms with E-state index in [1.54, 1.807) is 23.1 Å². The highest BCUT2D eigenvalue weighted by atomic mass is 16.4. The summed E-state index contributed by atoms with van der Waals surface area (Å²) in [6.45, 7) is 0.404. The number of nitrogens with one attached hydrogen (secondary N) is 1. The molecule has 0 spiro atoms. The van der Waals surface area contributed by atoms with Crippen molar-refractivity contribution in [2.24, 2.45) is 0 Å². The van der Waals surface area contributed by atoms with E-state index in [-0.39, 0.29) is 23.8 Å². The molecular weight excluding hydrogens is 250 g/mol. The zero-order chi connectivity index (χ0) is 13.7. The molecule has 0 fully saturated rings. The molecule has 0 bridgehead atoms. The van der Waals surface area contributed by atoms with Crippen LogP contribution in [0.1, 0.15) is 16.9 Å². The lowest BCUT2D eigenvalue weighted by molar-refractivity contribution is -0.116. The molecule has 0 aliphatic carbocycles. The van der Waals surface area contributed by atoms with E-state index in [0.29, 0.717) is 6.54 Å². The lowest BCUT2D eigenvalue weighted by atomic mass is 10.3. The number of carboxylic acids is 1. The average molecular weight is 261 g/mol. The van der Waals surface area contributed by atoms with Crippen molar-refractivity contribution in [3.8, 4) is 0 Å².